The van der Waals surface area contributed by atoms with Gasteiger partial charge in [0.2, 0.25) is 0 Å². The predicted molar refractivity (Wildman–Crippen MR) is 75.6 cm³/mol. The molecule has 0 saturated heterocycles. The van der Waals surface area contributed by atoms with Crippen LogP contribution in [0.5, 0.6) is 0 Å². The lowest BCUT2D eigenvalue weighted by Gasteiger charge is -2.34. The summed E-state index contributed by atoms with van der Waals surface area (Å²) in [6, 6.07) is 0. The largest absolute Gasteiger partial charge is 0.0651 e. The average Bonchev–Trinajstić information content (AvgIpc) is 2.23. The van der Waals surface area contributed by atoms with Crippen LogP contribution in [0, 0.1) is 29.1 Å². The summed E-state index contributed by atoms with van der Waals surface area (Å²) in [6.45, 7) is 19.1. The van der Waals surface area contributed by atoms with Crippen LogP contribution >= 0.6 is 0 Å². The molecular formula is C16H34. The third kappa shape index (κ3) is 4.89. The van der Waals surface area contributed by atoms with E-state index in [4.69, 9.17) is 0 Å². The highest BCUT2D eigenvalue weighted by Crippen LogP contribution is 2.36. The maximum absolute atomic E-state index is 2.44. The number of hydrogen-bond acceptors (Lipinski definition) is 0. The van der Waals surface area contributed by atoms with E-state index in [0.29, 0.717) is 5.41 Å². The molecule has 0 aliphatic heterocycles. The van der Waals surface area contributed by atoms with Crippen LogP contribution in [-0.2, 0) is 0 Å². The maximum Gasteiger partial charge on any atom is -0.0329 e. The predicted octanol–water partition coefficient (Wildman–Crippen LogP) is 5.77. The van der Waals surface area contributed by atoms with Crippen LogP contribution < -0.4 is 0 Å². The molecule has 0 radical (unpaired) electrons. The zero-order chi connectivity index (χ0) is 12.9. The smallest absolute Gasteiger partial charge is 0.0329 e. The fourth-order valence-corrected chi connectivity index (χ4v) is 2.32. The lowest BCUT2D eigenvalue weighted by atomic mass is 9.72. The Labute approximate surface area is 104 Å². The van der Waals surface area contributed by atoms with Crippen molar-refractivity contribution in [1.82, 2.24) is 0 Å². The van der Waals surface area contributed by atoms with E-state index in [2.05, 4.69) is 55.4 Å². The van der Waals surface area contributed by atoms with E-state index in [-0.39, 0.29) is 0 Å². The lowest BCUT2D eigenvalue weighted by molar-refractivity contribution is 0.170. The summed E-state index contributed by atoms with van der Waals surface area (Å²) >= 11 is 0. The molecule has 0 rings (SSSR count). The van der Waals surface area contributed by atoms with Gasteiger partial charge in [-0.25, -0.2) is 0 Å². The Morgan fingerprint density at radius 1 is 0.938 bits per heavy atom. The van der Waals surface area contributed by atoms with E-state index in [1.165, 1.54) is 19.3 Å². The monoisotopic (exact) mass is 226 g/mol. The SMILES string of the molecule is CCC(C)C(C)(C)CCC(C)C(C)C(C)C. The third-order valence-electron chi connectivity index (χ3n) is 5.14. The molecule has 0 spiro atoms. The van der Waals surface area contributed by atoms with E-state index in [0.717, 1.165) is 23.7 Å². The Kier molecular flexibility index (Phi) is 6.67. The van der Waals surface area contributed by atoms with Gasteiger partial charge in [0.15, 0.2) is 0 Å². The molecule has 0 N–H and O–H groups in total. The summed E-state index contributed by atoms with van der Waals surface area (Å²) in [4.78, 5) is 0. The highest BCUT2D eigenvalue weighted by Gasteiger charge is 2.26. The zero-order valence-electron chi connectivity index (χ0n) is 12.9. The second-order valence-corrected chi connectivity index (χ2v) is 6.92. The van der Waals surface area contributed by atoms with E-state index < -0.39 is 0 Å². The van der Waals surface area contributed by atoms with Gasteiger partial charge in [0.05, 0.1) is 0 Å². The third-order valence-corrected chi connectivity index (χ3v) is 5.14. The van der Waals surface area contributed by atoms with Crippen LogP contribution in [0.3, 0.4) is 0 Å². The topological polar surface area (TPSA) is 0 Å². The molecule has 0 aliphatic rings. The molecule has 0 aromatic rings. The van der Waals surface area contributed by atoms with Crippen LogP contribution in [0.4, 0.5) is 0 Å². The second-order valence-electron chi connectivity index (χ2n) is 6.92. The molecule has 0 aromatic carbocycles. The molecule has 16 heavy (non-hydrogen) atoms. The van der Waals surface area contributed by atoms with E-state index >= 15 is 0 Å². The van der Waals surface area contributed by atoms with E-state index in [9.17, 15) is 0 Å². The van der Waals surface area contributed by atoms with Crippen molar-refractivity contribution in [3.05, 3.63) is 0 Å². The van der Waals surface area contributed by atoms with Crippen molar-refractivity contribution >= 4 is 0 Å². The van der Waals surface area contributed by atoms with Gasteiger partial charge in [-0.2, -0.15) is 0 Å². The Hall–Kier alpha value is 0. The molecule has 98 valence electrons. The second kappa shape index (κ2) is 6.67. The van der Waals surface area contributed by atoms with Gasteiger partial charge in [0.25, 0.3) is 0 Å². The Morgan fingerprint density at radius 2 is 1.44 bits per heavy atom. The molecule has 0 saturated carbocycles. The molecule has 0 amide bonds. The Bertz CT molecular complexity index is 178. The van der Waals surface area contributed by atoms with Gasteiger partial charge in [-0.05, 0) is 41.9 Å². The maximum atomic E-state index is 2.44. The minimum Gasteiger partial charge on any atom is -0.0651 e. The van der Waals surface area contributed by atoms with Crippen LogP contribution in [0.15, 0.2) is 0 Å². The summed E-state index contributed by atoms with van der Waals surface area (Å²) in [5.41, 5.74) is 0.514. The van der Waals surface area contributed by atoms with Gasteiger partial charge >= 0.3 is 0 Å². The fraction of sp³-hybridized carbons (Fsp3) is 1.00. The van der Waals surface area contributed by atoms with Gasteiger partial charge in [0, 0.05) is 0 Å². The normalized spacial score (nSPS) is 18.6. The van der Waals surface area contributed by atoms with E-state index in [1.54, 1.807) is 0 Å². The molecule has 0 aromatic heterocycles. The van der Waals surface area contributed by atoms with Crippen LogP contribution in [0.25, 0.3) is 0 Å². The van der Waals surface area contributed by atoms with Gasteiger partial charge in [-0.3, -0.25) is 0 Å². The first kappa shape index (κ1) is 16.0. The molecule has 0 heteroatoms. The Balaban J connectivity index is 4.13. The number of rotatable bonds is 7. The fourth-order valence-electron chi connectivity index (χ4n) is 2.32. The summed E-state index contributed by atoms with van der Waals surface area (Å²) in [5, 5.41) is 0. The Morgan fingerprint density at radius 3 is 1.81 bits per heavy atom. The van der Waals surface area contributed by atoms with Crippen LogP contribution in [0.2, 0.25) is 0 Å². The minimum atomic E-state index is 0.514. The molecule has 0 aliphatic carbocycles. The molecule has 3 atom stereocenters. The van der Waals surface area contributed by atoms with Gasteiger partial charge in [0.1, 0.15) is 0 Å². The summed E-state index contributed by atoms with van der Waals surface area (Å²) in [5.74, 6) is 3.38. The van der Waals surface area contributed by atoms with Crippen LogP contribution in [-0.4, -0.2) is 0 Å². The summed E-state index contributed by atoms with van der Waals surface area (Å²) in [7, 11) is 0. The quantitative estimate of drug-likeness (QED) is 0.517. The van der Waals surface area contributed by atoms with Gasteiger partial charge in [-0.1, -0.05) is 61.8 Å². The minimum absolute atomic E-state index is 0.514. The number of hydrogen-bond donors (Lipinski definition) is 0. The van der Waals surface area contributed by atoms with Crippen molar-refractivity contribution in [1.29, 1.82) is 0 Å². The van der Waals surface area contributed by atoms with E-state index in [1.807, 2.05) is 0 Å². The van der Waals surface area contributed by atoms with Crippen molar-refractivity contribution in [2.75, 3.05) is 0 Å². The summed E-state index contributed by atoms with van der Waals surface area (Å²) < 4.78 is 0. The molecular weight excluding hydrogens is 192 g/mol. The van der Waals surface area contributed by atoms with Crippen molar-refractivity contribution in [2.24, 2.45) is 29.1 Å². The highest BCUT2D eigenvalue weighted by molar-refractivity contribution is 4.76. The van der Waals surface area contributed by atoms with Crippen molar-refractivity contribution in [3.63, 3.8) is 0 Å². The molecule has 3 unspecified atom stereocenters. The summed E-state index contributed by atoms with van der Waals surface area (Å²) in [6.07, 6.45) is 4.07. The molecule has 0 nitrogen and oxygen atoms in total. The first-order chi connectivity index (χ1) is 7.22. The van der Waals surface area contributed by atoms with Crippen molar-refractivity contribution < 1.29 is 0 Å². The van der Waals surface area contributed by atoms with Gasteiger partial charge in [-0.15, -0.1) is 0 Å². The van der Waals surface area contributed by atoms with Gasteiger partial charge < -0.3 is 0 Å². The van der Waals surface area contributed by atoms with Crippen LogP contribution in [0.1, 0.15) is 74.7 Å². The average molecular weight is 226 g/mol. The molecule has 0 heterocycles. The standard InChI is InChI=1S/C16H34/c1-9-14(5)16(7,8)11-10-13(4)15(6)12(2)3/h12-15H,9-11H2,1-8H3. The molecule has 0 bridgehead atoms. The first-order valence-corrected chi connectivity index (χ1v) is 7.22. The lowest BCUT2D eigenvalue weighted by Crippen LogP contribution is -2.23. The molecule has 0 fully saturated rings. The van der Waals surface area contributed by atoms with Crippen molar-refractivity contribution in [2.45, 2.75) is 74.7 Å². The zero-order valence-corrected chi connectivity index (χ0v) is 12.9. The highest BCUT2D eigenvalue weighted by atomic mass is 14.3. The first-order valence-electron chi connectivity index (χ1n) is 7.22. The van der Waals surface area contributed by atoms with Crippen molar-refractivity contribution in [3.8, 4) is 0 Å².